The van der Waals surface area contributed by atoms with E-state index in [1.165, 1.54) is 18.4 Å². The first-order valence-corrected chi connectivity index (χ1v) is 10.2. The number of carbonyl (C=O) groups is 2. The first-order valence-electron chi connectivity index (χ1n) is 9.39. The summed E-state index contributed by atoms with van der Waals surface area (Å²) in [5.74, 6) is -1.03. The van der Waals surface area contributed by atoms with E-state index >= 15 is 0 Å². The van der Waals surface area contributed by atoms with Crippen molar-refractivity contribution in [2.24, 2.45) is 10.7 Å². The molecule has 1 amide bonds. The van der Waals surface area contributed by atoms with E-state index < -0.39 is 5.91 Å². The molecule has 0 radical (unpaired) electrons. The zero-order valence-corrected chi connectivity index (χ0v) is 18.2. The van der Waals surface area contributed by atoms with Crippen molar-refractivity contribution < 1.29 is 14.3 Å². The van der Waals surface area contributed by atoms with Crippen LogP contribution in [0, 0.1) is 0 Å². The van der Waals surface area contributed by atoms with E-state index in [4.69, 9.17) is 10.5 Å². The van der Waals surface area contributed by atoms with Crippen LogP contribution in [0.5, 0.6) is 0 Å². The predicted molar refractivity (Wildman–Crippen MR) is 126 cm³/mol. The van der Waals surface area contributed by atoms with Gasteiger partial charge in [-0.25, -0.2) is 14.8 Å². The molecule has 2 aromatic carbocycles. The molecule has 0 atom stereocenters. The quantitative estimate of drug-likeness (QED) is 0.304. The second kappa shape index (κ2) is 9.36. The normalized spacial score (nSPS) is 11.6. The average Bonchev–Trinajstić information content (AvgIpc) is 3.15. The van der Waals surface area contributed by atoms with E-state index in [1.807, 2.05) is 50.3 Å². The van der Waals surface area contributed by atoms with E-state index in [-0.39, 0.29) is 11.7 Å². The molecule has 3 aromatic rings. The number of fused-ring (bicyclic) bond motifs is 1. The van der Waals surface area contributed by atoms with Crippen LogP contribution < -0.4 is 11.1 Å². The van der Waals surface area contributed by atoms with E-state index in [0.29, 0.717) is 21.4 Å². The second-order valence-electron chi connectivity index (χ2n) is 6.65. The number of hydrogen-bond acceptors (Lipinski definition) is 7. The highest BCUT2D eigenvalue weighted by atomic mass is 32.1. The molecular formula is C23H22N4O3S. The Kier molecular flexibility index (Phi) is 6.61. The molecule has 0 unspecified atom stereocenters. The van der Waals surface area contributed by atoms with Crippen LogP contribution in [0.1, 0.15) is 34.7 Å². The summed E-state index contributed by atoms with van der Waals surface area (Å²) in [5, 5.41) is 5.93. The highest BCUT2D eigenvalue weighted by Gasteiger charge is 2.16. The Hall–Kier alpha value is -3.78. The largest absolute Gasteiger partial charge is 0.465 e. The number of nitrogens with zero attached hydrogens (tertiary/aromatic N) is 2. The van der Waals surface area contributed by atoms with Gasteiger partial charge in [-0.05, 0) is 54.5 Å². The van der Waals surface area contributed by atoms with E-state index in [2.05, 4.69) is 21.9 Å². The van der Waals surface area contributed by atoms with Gasteiger partial charge in [0, 0.05) is 11.4 Å². The van der Waals surface area contributed by atoms with Crippen LogP contribution in [0.25, 0.3) is 10.8 Å². The van der Waals surface area contributed by atoms with Crippen molar-refractivity contribution >= 4 is 55.5 Å². The number of aliphatic imine (C=N–C) groups is 1. The number of methoxy groups -OCH3 is 1. The molecule has 1 heterocycles. The number of aromatic nitrogens is 1. The average molecular weight is 435 g/mol. The van der Waals surface area contributed by atoms with Crippen LogP contribution in [0.4, 0.5) is 15.8 Å². The predicted octanol–water partition coefficient (Wildman–Crippen LogP) is 5.15. The maximum absolute atomic E-state index is 11.8. The number of rotatable bonds is 7. The molecule has 31 heavy (non-hydrogen) atoms. The SMILES string of the molecule is C=C(C=CC)C(C)=Nc1sc(Nc2ccc3cc(C(=O)OC)ccc3c2)nc1C(N)=O. The molecule has 8 heteroatoms. The Morgan fingerprint density at radius 2 is 1.94 bits per heavy atom. The summed E-state index contributed by atoms with van der Waals surface area (Å²) >= 11 is 1.22. The molecule has 0 aliphatic carbocycles. The molecule has 0 aliphatic rings. The number of amides is 1. The number of ether oxygens (including phenoxy) is 1. The van der Waals surface area contributed by atoms with Crippen molar-refractivity contribution in [3.8, 4) is 0 Å². The third-order valence-electron chi connectivity index (χ3n) is 4.46. The molecule has 0 fully saturated rings. The summed E-state index contributed by atoms with van der Waals surface area (Å²) in [6.45, 7) is 7.65. The van der Waals surface area contributed by atoms with Crippen LogP contribution in [-0.4, -0.2) is 29.7 Å². The first kappa shape index (κ1) is 21.9. The fraction of sp³-hybridized carbons (Fsp3) is 0.130. The summed E-state index contributed by atoms with van der Waals surface area (Å²) in [6.07, 6.45) is 3.70. The maximum Gasteiger partial charge on any atom is 0.337 e. The standard InChI is InChI=1S/C23H22N4O3S/c1-5-6-13(2)14(3)25-21-19(20(24)28)27-23(31-21)26-18-10-9-15-11-17(22(29)30-4)8-7-16(15)12-18/h5-12H,2H2,1,3-4H3,(H2,24,28)(H,26,27). The lowest BCUT2D eigenvalue weighted by atomic mass is 10.1. The molecule has 0 saturated heterocycles. The number of benzene rings is 2. The summed E-state index contributed by atoms with van der Waals surface area (Å²) < 4.78 is 4.76. The first-order chi connectivity index (χ1) is 14.8. The Morgan fingerprint density at radius 1 is 1.23 bits per heavy atom. The van der Waals surface area contributed by atoms with Crippen molar-refractivity contribution in [1.82, 2.24) is 4.98 Å². The third-order valence-corrected chi connectivity index (χ3v) is 5.32. The number of esters is 1. The monoisotopic (exact) mass is 434 g/mol. The summed E-state index contributed by atoms with van der Waals surface area (Å²) in [5.41, 5.74) is 8.26. The van der Waals surface area contributed by atoms with Crippen LogP contribution in [-0.2, 0) is 4.74 Å². The molecule has 0 spiro atoms. The molecule has 3 N–H and O–H groups in total. The zero-order valence-electron chi connectivity index (χ0n) is 17.4. The number of nitrogens with one attached hydrogen (secondary N) is 1. The van der Waals surface area contributed by atoms with Gasteiger partial charge < -0.3 is 15.8 Å². The van der Waals surface area contributed by atoms with E-state index in [0.717, 1.165) is 22.0 Å². The van der Waals surface area contributed by atoms with Crippen LogP contribution in [0.15, 0.2) is 65.7 Å². The lowest BCUT2D eigenvalue weighted by Gasteiger charge is -2.06. The second-order valence-corrected chi connectivity index (χ2v) is 7.63. The van der Waals surface area contributed by atoms with Crippen molar-refractivity contribution in [2.45, 2.75) is 13.8 Å². The fourth-order valence-electron chi connectivity index (χ4n) is 2.84. The number of anilines is 2. The van der Waals surface area contributed by atoms with Gasteiger partial charge >= 0.3 is 5.97 Å². The van der Waals surface area contributed by atoms with Gasteiger partial charge in [-0.15, -0.1) is 0 Å². The molecule has 0 bridgehead atoms. The molecule has 1 aromatic heterocycles. The minimum atomic E-state index is -0.652. The lowest BCUT2D eigenvalue weighted by Crippen LogP contribution is -2.11. The summed E-state index contributed by atoms with van der Waals surface area (Å²) in [6, 6.07) is 11.0. The Bertz CT molecular complexity index is 1240. The number of thiazole rings is 1. The van der Waals surface area contributed by atoms with Crippen molar-refractivity contribution in [3.63, 3.8) is 0 Å². The third kappa shape index (κ3) is 5.04. The van der Waals surface area contributed by atoms with Crippen molar-refractivity contribution in [3.05, 3.63) is 72.0 Å². The van der Waals surface area contributed by atoms with Crippen molar-refractivity contribution in [1.29, 1.82) is 0 Å². The number of primary amides is 1. The van der Waals surface area contributed by atoms with Gasteiger partial charge in [0.05, 0.1) is 12.7 Å². The zero-order chi connectivity index (χ0) is 22.5. The molecule has 0 aliphatic heterocycles. The summed E-state index contributed by atoms with van der Waals surface area (Å²) in [7, 11) is 1.35. The topological polar surface area (TPSA) is 107 Å². The van der Waals surface area contributed by atoms with Gasteiger partial charge in [0.25, 0.3) is 5.91 Å². The number of allylic oxidation sites excluding steroid dienone is 3. The van der Waals surface area contributed by atoms with Crippen LogP contribution in [0.2, 0.25) is 0 Å². The van der Waals surface area contributed by atoms with Crippen LogP contribution in [0.3, 0.4) is 0 Å². The number of hydrogen-bond donors (Lipinski definition) is 2. The van der Waals surface area contributed by atoms with Gasteiger partial charge in [-0.1, -0.05) is 42.2 Å². The highest BCUT2D eigenvalue weighted by Crippen LogP contribution is 2.34. The van der Waals surface area contributed by atoms with Crippen LogP contribution >= 0.6 is 11.3 Å². The van der Waals surface area contributed by atoms with Gasteiger partial charge in [-0.2, -0.15) is 0 Å². The van der Waals surface area contributed by atoms with Gasteiger partial charge in [0.2, 0.25) is 0 Å². The molecular weight excluding hydrogens is 412 g/mol. The van der Waals surface area contributed by atoms with Gasteiger partial charge in [0.15, 0.2) is 15.8 Å². The smallest absolute Gasteiger partial charge is 0.337 e. The van der Waals surface area contributed by atoms with Gasteiger partial charge in [-0.3, -0.25) is 4.79 Å². The highest BCUT2D eigenvalue weighted by molar-refractivity contribution is 7.19. The van der Waals surface area contributed by atoms with Crippen molar-refractivity contribution in [2.75, 3.05) is 12.4 Å². The Morgan fingerprint density at radius 3 is 2.61 bits per heavy atom. The molecule has 0 saturated carbocycles. The lowest BCUT2D eigenvalue weighted by molar-refractivity contribution is 0.0600. The maximum atomic E-state index is 11.8. The van der Waals surface area contributed by atoms with E-state index in [1.54, 1.807) is 12.1 Å². The summed E-state index contributed by atoms with van der Waals surface area (Å²) in [4.78, 5) is 32.3. The number of carbonyl (C=O) groups excluding carboxylic acids is 2. The molecule has 3 rings (SSSR count). The fourth-order valence-corrected chi connectivity index (χ4v) is 3.75. The Balaban J connectivity index is 1.91. The minimum Gasteiger partial charge on any atom is -0.465 e. The molecule has 158 valence electrons. The van der Waals surface area contributed by atoms with E-state index in [9.17, 15) is 9.59 Å². The van der Waals surface area contributed by atoms with Gasteiger partial charge in [0.1, 0.15) is 0 Å². The number of nitrogens with two attached hydrogens (primary N) is 1. The Labute approximate surface area is 184 Å². The minimum absolute atomic E-state index is 0.101. The molecule has 7 nitrogen and oxygen atoms in total.